The molecule has 2 saturated carbocycles. The van der Waals surface area contributed by atoms with Crippen LogP contribution in [-0.2, 0) is 9.59 Å². The highest BCUT2D eigenvalue weighted by molar-refractivity contribution is 5.84. The van der Waals surface area contributed by atoms with Crippen molar-refractivity contribution in [2.24, 2.45) is 17.8 Å². The summed E-state index contributed by atoms with van der Waals surface area (Å²) in [5.41, 5.74) is 0. The van der Waals surface area contributed by atoms with Crippen LogP contribution in [0.2, 0.25) is 0 Å². The van der Waals surface area contributed by atoms with Crippen molar-refractivity contribution in [1.29, 1.82) is 0 Å². The second-order valence-corrected chi connectivity index (χ2v) is 7.34. The van der Waals surface area contributed by atoms with Gasteiger partial charge in [-0.3, -0.25) is 9.59 Å². The van der Waals surface area contributed by atoms with Crippen molar-refractivity contribution < 1.29 is 24.9 Å². The molecule has 0 aromatic heterocycles. The van der Waals surface area contributed by atoms with Gasteiger partial charge in [0.15, 0.2) is 0 Å². The second-order valence-electron chi connectivity index (χ2n) is 7.34. The number of carboxylic acid groups (broad SMARTS) is 1. The summed E-state index contributed by atoms with van der Waals surface area (Å²) in [6.45, 7) is 0. The maximum absolute atomic E-state index is 12.1. The Morgan fingerprint density at radius 1 is 1.24 bits per heavy atom. The molecule has 5 nitrogen and oxygen atoms in total. The molecule has 0 heterocycles. The monoisotopic (exact) mass is 350 g/mol. The number of allylic oxidation sites excluding steroid dienone is 2. The first-order valence-corrected chi connectivity index (χ1v) is 9.41. The number of hydrogen-bond acceptors (Lipinski definition) is 4. The minimum atomic E-state index is -0.795. The van der Waals surface area contributed by atoms with Crippen LogP contribution in [0.4, 0.5) is 0 Å². The first-order chi connectivity index (χ1) is 12.0. The van der Waals surface area contributed by atoms with E-state index in [1.807, 2.05) is 24.3 Å². The Kier molecular flexibility index (Phi) is 7.85. The molecule has 0 amide bonds. The molecule has 1 unspecified atom stereocenters. The zero-order chi connectivity index (χ0) is 18.2. The normalized spacial score (nSPS) is 28.7. The Hall–Kier alpha value is -1.46. The number of rotatable bonds is 10. The summed E-state index contributed by atoms with van der Waals surface area (Å²) in [6.07, 6.45) is 12.9. The number of unbranched alkanes of at least 4 members (excludes halogenated alkanes) is 1. The highest BCUT2D eigenvalue weighted by Gasteiger charge is 2.39. The Morgan fingerprint density at radius 2 is 2.00 bits per heavy atom. The fourth-order valence-corrected chi connectivity index (χ4v) is 3.65. The molecule has 140 valence electrons. The number of carbonyl (C=O) groups is 2. The Labute approximate surface area is 149 Å². The van der Waals surface area contributed by atoms with Crippen LogP contribution in [0.25, 0.3) is 0 Å². The third-order valence-corrected chi connectivity index (χ3v) is 5.48. The average Bonchev–Trinajstić information content (AvgIpc) is 2.75. The number of hydrogen-bond donors (Lipinski definition) is 3. The maximum atomic E-state index is 12.1. The van der Waals surface area contributed by atoms with Crippen molar-refractivity contribution in [3.8, 4) is 0 Å². The number of aliphatic hydroxyl groups is 2. The quantitative estimate of drug-likeness (QED) is 0.416. The molecule has 3 N–H and O–H groups in total. The van der Waals surface area contributed by atoms with Crippen molar-refractivity contribution in [3.05, 3.63) is 24.3 Å². The van der Waals surface area contributed by atoms with E-state index in [9.17, 15) is 19.8 Å². The first kappa shape index (κ1) is 19.9. The fraction of sp³-hybridized carbons (Fsp3) is 0.700. The lowest BCUT2D eigenvalue weighted by Crippen LogP contribution is -2.26. The van der Waals surface area contributed by atoms with Crippen molar-refractivity contribution in [2.45, 2.75) is 70.0 Å². The van der Waals surface area contributed by atoms with E-state index < -0.39 is 12.1 Å². The Morgan fingerprint density at radius 3 is 2.64 bits per heavy atom. The molecule has 25 heavy (non-hydrogen) atoms. The predicted molar refractivity (Wildman–Crippen MR) is 95.0 cm³/mol. The summed E-state index contributed by atoms with van der Waals surface area (Å²) in [6, 6.07) is 0. The smallest absolute Gasteiger partial charge is 0.303 e. The number of aliphatic carboxylic acids is 1. The summed E-state index contributed by atoms with van der Waals surface area (Å²) in [5.74, 6) is -0.717. The predicted octanol–water partition coefficient (Wildman–Crippen LogP) is 2.86. The van der Waals surface area contributed by atoms with Gasteiger partial charge >= 0.3 is 5.97 Å². The molecule has 0 spiro atoms. The van der Waals surface area contributed by atoms with E-state index in [4.69, 9.17) is 5.11 Å². The molecule has 0 radical (unpaired) electrons. The van der Waals surface area contributed by atoms with Crippen LogP contribution < -0.4 is 0 Å². The summed E-state index contributed by atoms with van der Waals surface area (Å²) in [4.78, 5) is 22.6. The van der Waals surface area contributed by atoms with Gasteiger partial charge in [0, 0.05) is 24.7 Å². The van der Waals surface area contributed by atoms with Crippen LogP contribution in [0.1, 0.15) is 57.8 Å². The number of carbonyl (C=O) groups excluding carboxylic acids is 1. The highest BCUT2D eigenvalue weighted by atomic mass is 16.4. The van der Waals surface area contributed by atoms with E-state index in [1.165, 1.54) is 6.42 Å². The lowest BCUT2D eigenvalue weighted by Gasteiger charge is -2.29. The molecule has 4 atom stereocenters. The van der Waals surface area contributed by atoms with Gasteiger partial charge in [-0.05, 0) is 44.4 Å². The average molecular weight is 350 g/mol. The third-order valence-electron chi connectivity index (χ3n) is 5.48. The van der Waals surface area contributed by atoms with E-state index in [2.05, 4.69) is 0 Å². The van der Waals surface area contributed by atoms with E-state index in [0.29, 0.717) is 31.6 Å². The number of ketones is 1. The fourth-order valence-electron chi connectivity index (χ4n) is 3.65. The maximum Gasteiger partial charge on any atom is 0.303 e. The van der Waals surface area contributed by atoms with Crippen molar-refractivity contribution >= 4 is 11.8 Å². The molecule has 2 aliphatic rings. The number of carboxylic acids is 1. The zero-order valence-corrected chi connectivity index (χ0v) is 14.7. The molecule has 0 saturated heterocycles. The zero-order valence-electron chi connectivity index (χ0n) is 14.7. The van der Waals surface area contributed by atoms with Gasteiger partial charge in [-0.2, -0.15) is 0 Å². The standard InChI is InChI=1S/C20H30O5/c21-17(14-7-5-8-14)11-6-10-16-15(18(22)13-19(16)23)9-3-1-2-4-12-20(24)25/h1,3,6,10,14-17,19,21,23H,2,4-5,7-9,11-13H2,(H,24,25)/t15-,16-,17?,19-/m1/s1. The SMILES string of the molecule is O=C(O)CCCC=CC[C@H]1C(=O)C[C@@H](O)[C@@H]1C=CCC(O)C1CCC1. The van der Waals surface area contributed by atoms with Crippen LogP contribution in [0, 0.1) is 17.8 Å². The van der Waals surface area contributed by atoms with Crippen LogP contribution in [0.5, 0.6) is 0 Å². The van der Waals surface area contributed by atoms with E-state index in [0.717, 1.165) is 12.8 Å². The molecule has 0 aromatic rings. The van der Waals surface area contributed by atoms with Crippen LogP contribution >= 0.6 is 0 Å². The summed E-state index contributed by atoms with van der Waals surface area (Å²) < 4.78 is 0. The van der Waals surface area contributed by atoms with Crippen molar-refractivity contribution in [3.63, 3.8) is 0 Å². The van der Waals surface area contributed by atoms with Crippen LogP contribution in [0.15, 0.2) is 24.3 Å². The molecule has 2 rings (SSSR count). The van der Waals surface area contributed by atoms with Crippen molar-refractivity contribution in [1.82, 2.24) is 0 Å². The van der Waals surface area contributed by atoms with Gasteiger partial charge in [0.2, 0.25) is 0 Å². The lowest BCUT2D eigenvalue weighted by atomic mass is 9.80. The van der Waals surface area contributed by atoms with E-state index in [1.54, 1.807) is 0 Å². The van der Waals surface area contributed by atoms with Gasteiger partial charge in [0.05, 0.1) is 12.2 Å². The van der Waals surface area contributed by atoms with Gasteiger partial charge in [-0.25, -0.2) is 0 Å². The second kappa shape index (κ2) is 9.88. The molecule has 0 aliphatic heterocycles. The van der Waals surface area contributed by atoms with Gasteiger partial charge < -0.3 is 15.3 Å². The van der Waals surface area contributed by atoms with Gasteiger partial charge in [-0.1, -0.05) is 30.7 Å². The summed E-state index contributed by atoms with van der Waals surface area (Å²) >= 11 is 0. The van der Waals surface area contributed by atoms with E-state index in [-0.39, 0.29) is 36.6 Å². The molecule has 2 aliphatic carbocycles. The molecule has 0 aromatic carbocycles. The topological polar surface area (TPSA) is 94.8 Å². The highest BCUT2D eigenvalue weighted by Crippen LogP contribution is 2.34. The lowest BCUT2D eigenvalue weighted by molar-refractivity contribution is -0.137. The van der Waals surface area contributed by atoms with Crippen molar-refractivity contribution in [2.75, 3.05) is 0 Å². The van der Waals surface area contributed by atoms with Gasteiger partial charge in [0.1, 0.15) is 5.78 Å². The number of Topliss-reactive ketones (excluding diaryl/α,β-unsaturated/α-hetero) is 1. The Bertz CT molecular complexity index is 506. The molecule has 2 fully saturated rings. The number of aliphatic hydroxyl groups excluding tert-OH is 2. The van der Waals surface area contributed by atoms with Crippen LogP contribution in [0.3, 0.4) is 0 Å². The molecular weight excluding hydrogens is 320 g/mol. The minimum Gasteiger partial charge on any atom is -0.481 e. The third kappa shape index (κ3) is 6.08. The molecule has 0 bridgehead atoms. The Balaban J connectivity index is 1.79. The van der Waals surface area contributed by atoms with Gasteiger partial charge in [-0.15, -0.1) is 0 Å². The molecular formula is C20H30O5. The molecule has 5 heteroatoms. The first-order valence-electron chi connectivity index (χ1n) is 9.41. The van der Waals surface area contributed by atoms with Crippen LogP contribution in [-0.4, -0.2) is 39.3 Å². The van der Waals surface area contributed by atoms with E-state index >= 15 is 0 Å². The van der Waals surface area contributed by atoms with Gasteiger partial charge in [0.25, 0.3) is 0 Å². The summed E-state index contributed by atoms with van der Waals surface area (Å²) in [7, 11) is 0. The minimum absolute atomic E-state index is 0.0804. The largest absolute Gasteiger partial charge is 0.481 e. The summed E-state index contributed by atoms with van der Waals surface area (Å²) in [5, 5.41) is 28.8.